The van der Waals surface area contributed by atoms with Crippen LogP contribution in [0.15, 0.2) is 23.4 Å². The summed E-state index contributed by atoms with van der Waals surface area (Å²) in [5, 5.41) is 13.3. The molecule has 98 valence electrons. The maximum atomic E-state index is 10.3. The van der Waals surface area contributed by atoms with Crippen LogP contribution in [0.25, 0.3) is 0 Å². The third-order valence-corrected chi connectivity index (χ3v) is 2.90. The van der Waals surface area contributed by atoms with Crippen LogP contribution >= 0.6 is 23.2 Å². The van der Waals surface area contributed by atoms with Gasteiger partial charge < -0.3 is 9.94 Å². The van der Waals surface area contributed by atoms with Gasteiger partial charge in [0, 0.05) is 12.0 Å². The lowest BCUT2D eigenvalue weighted by atomic mass is 10.1. The van der Waals surface area contributed by atoms with Crippen LogP contribution in [-0.2, 0) is 9.63 Å². The maximum Gasteiger partial charge on any atom is 0.303 e. The minimum atomic E-state index is -0.844. The molecule has 1 aromatic rings. The van der Waals surface area contributed by atoms with Gasteiger partial charge in [-0.3, -0.25) is 4.79 Å². The molecule has 0 unspecified atom stereocenters. The van der Waals surface area contributed by atoms with Crippen molar-refractivity contribution in [3.8, 4) is 0 Å². The third kappa shape index (κ3) is 4.94. The van der Waals surface area contributed by atoms with E-state index in [9.17, 15) is 4.79 Å². The van der Waals surface area contributed by atoms with E-state index in [0.29, 0.717) is 22.2 Å². The number of hydrogen-bond acceptors (Lipinski definition) is 3. The highest BCUT2D eigenvalue weighted by atomic mass is 35.5. The van der Waals surface area contributed by atoms with Crippen molar-refractivity contribution in [1.82, 2.24) is 0 Å². The molecule has 0 aliphatic heterocycles. The highest BCUT2D eigenvalue weighted by Gasteiger charge is 2.03. The van der Waals surface area contributed by atoms with E-state index in [-0.39, 0.29) is 13.0 Å². The van der Waals surface area contributed by atoms with Gasteiger partial charge in [-0.25, -0.2) is 0 Å². The first-order chi connectivity index (χ1) is 8.50. The van der Waals surface area contributed by atoms with Crippen LogP contribution in [0.5, 0.6) is 0 Å². The second-order valence-corrected chi connectivity index (χ2v) is 4.45. The van der Waals surface area contributed by atoms with Gasteiger partial charge in [0.1, 0.15) is 6.61 Å². The Kier molecular flexibility index (Phi) is 5.95. The number of aliphatic carboxylic acids is 1. The first kappa shape index (κ1) is 14.8. The Morgan fingerprint density at radius 1 is 1.39 bits per heavy atom. The van der Waals surface area contributed by atoms with Crippen molar-refractivity contribution in [1.29, 1.82) is 0 Å². The Bertz CT molecular complexity index is 461. The van der Waals surface area contributed by atoms with Gasteiger partial charge in [-0.2, -0.15) is 0 Å². The largest absolute Gasteiger partial charge is 0.481 e. The van der Waals surface area contributed by atoms with Crippen molar-refractivity contribution in [2.24, 2.45) is 5.16 Å². The lowest BCUT2D eigenvalue weighted by molar-refractivity contribution is -0.137. The Morgan fingerprint density at radius 2 is 2.11 bits per heavy atom. The molecule has 18 heavy (non-hydrogen) atoms. The average Bonchev–Trinajstić information content (AvgIpc) is 2.31. The van der Waals surface area contributed by atoms with Crippen LogP contribution in [0.3, 0.4) is 0 Å². The van der Waals surface area contributed by atoms with Crippen LogP contribution < -0.4 is 0 Å². The van der Waals surface area contributed by atoms with Gasteiger partial charge in [0.2, 0.25) is 0 Å². The molecule has 0 heterocycles. The van der Waals surface area contributed by atoms with E-state index in [1.54, 1.807) is 25.1 Å². The fourth-order valence-corrected chi connectivity index (χ4v) is 1.50. The molecule has 0 aliphatic carbocycles. The molecule has 0 amide bonds. The predicted molar refractivity (Wildman–Crippen MR) is 71.5 cm³/mol. The number of benzene rings is 1. The Balaban J connectivity index is 2.50. The number of nitrogens with zero attached hydrogens (tertiary/aromatic N) is 1. The zero-order chi connectivity index (χ0) is 13.5. The van der Waals surface area contributed by atoms with E-state index in [1.165, 1.54) is 0 Å². The van der Waals surface area contributed by atoms with Crippen LogP contribution in [0, 0.1) is 0 Å². The van der Waals surface area contributed by atoms with Gasteiger partial charge in [0.25, 0.3) is 0 Å². The summed E-state index contributed by atoms with van der Waals surface area (Å²) >= 11 is 11.7. The molecule has 0 fully saturated rings. The Hall–Kier alpha value is -1.26. The van der Waals surface area contributed by atoms with Crippen LogP contribution in [0.2, 0.25) is 10.0 Å². The highest BCUT2D eigenvalue weighted by molar-refractivity contribution is 6.42. The summed E-state index contributed by atoms with van der Waals surface area (Å²) in [6, 6.07) is 5.17. The second-order valence-electron chi connectivity index (χ2n) is 3.64. The monoisotopic (exact) mass is 289 g/mol. The van der Waals surface area contributed by atoms with E-state index in [1.807, 2.05) is 0 Å². The van der Waals surface area contributed by atoms with Crippen LogP contribution in [-0.4, -0.2) is 23.4 Å². The van der Waals surface area contributed by atoms with Crippen molar-refractivity contribution in [3.05, 3.63) is 33.8 Å². The van der Waals surface area contributed by atoms with E-state index in [4.69, 9.17) is 33.1 Å². The molecule has 1 N–H and O–H groups in total. The zero-order valence-electron chi connectivity index (χ0n) is 9.82. The summed E-state index contributed by atoms with van der Waals surface area (Å²) in [6.07, 6.45) is 0.495. The predicted octanol–water partition coefficient (Wildman–Crippen LogP) is 3.60. The second kappa shape index (κ2) is 7.24. The van der Waals surface area contributed by atoms with Crippen molar-refractivity contribution < 1.29 is 14.7 Å². The normalized spacial score (nSPS) is 11.4. The van der Waals surface area contributed by atoms with Crippen LogP contribution in [0.4, 0.5) is 0 Å². The molecule has 0 aliphatic rings. The van der Waals surface area contributed by atoms with Gasteiger partial charge in [-0.15, -0.1) is 0 Å². The summed E-state index contributed by atoms with van der Waals surface area (Å²) in [6.45, 7) is 2.04. The molecule has 0 saturated carbocycles. The summed E-state index contributed by atoms with van der Waals surface area (Å²) in [5.74, 6) is -0.844. The van der Waals surface area contributed by atoms with Crippen LogP contribution in [0.1, 0.15) is 25.3 Å². The van der Waals surface area contributed by atoms with Gasteiger partial charge in [-0.1, -0.05) is 34.4 Å². The van der Waals surface area contributed by atoms with E-state index in [0.717, 1.165) is 5.56 Å². The fourth-order valence-electron chi connectivity index (χ4n) is 1.20. The summed E-state index contributed by atoms with van der Waals surface area (Å²) in [4.78, 5) is 15.3. The molecule has 0 spiro atoms. The number of halogens is 2. The van der Waals surface area contributed by atoms with Gasteiger partial charge >= 0.3 is 5.97 Å². The van der Waals surface area contributed by atoms with E-state index >= 15 is 0 Å². The molecule has 1 rings (SSSR count). The third-order valence-electron chi connectivity index (χ3n) is 2.17. The minimum absolute atomic E-state index is 0.0708. The number of hydrogen-bond donors (Lipinski definition) is 1. The SMILES string of the molecule is CC(=NOCCCC(=O)O)c1ccc(Cl)c(Cl)c1. The molecule has 0 aromatic heterocycles. The maximum absolute atomic E-state index is 10.3. The number of oxime groups is 1. The molecule has 0 radical (unpaired) electrons. The molecular formula is C12H13Cl2NO3. The van der Waals surface area contributed by atoms with Crippen molar-refractivity contribution in [3.63, 3.8) is 0 Å². The summed E-state index contributed by atoms with van der Waals surface area (Å²) < 4.78 is 0. The Morgan fingerprint density at radius 3 is 2.72 bits per heavy atom. The first-order valence-electron chi connectivity index (χ1n) is 5.34. The Labute approximate surface area is 115 Å². The smallest absolute Gasteiger partial charge is 0.303 e. The quantitative estimate of drug-likeness (QED) is 0.494. The number of carboxylic acids is 1. The lowest BCUT2D eigenvalue weighted by Crippen LogP contribution is -2.00. The lowest BCUT2D eigenvalue weighted by Gasteiger charge is -2.03. The standard InChI is InChI=1S/C12H13Cl2NO3/c1-8(15-18-6-2-3-12(16)17)9-4-5-10(13)11(14)7-9/h4-5,7H,2-3,6H2,1H3,(H,16,17). The van der Waals surface area contributed by atoms with Gasteiger partial charge in [0.15, 0.2) is 0 Å². The molecule has 0 saturated heterocycles. The first-order valence-corrected chi connectivity index (χ1v) is 6.10. The molecule has 0 bridgehead atoms. The van der Waals surface area contributed by atoms with Crippen molar-refractivity contribution in [2.75, 3.05) is 6.61 Å². The topological polar surface area (TPSA) is 58.9 Å². The van der Waals surface area contributed by atoms with Crippen molar-refractivity contribution >= 4 is 34.9 Å². The molecule has 0 atom stereocenters. The minimum Gasteiger partial charge on any atom is -0.481 e. The fraction of sp³-hybridized carbons (Fsp3) is 0.333. The van der Waals surface area contributed by atoms with Crippen molar-refractivity contribution in [2.45, 2.75) is 19.8 Å². The van der Waals surface area contributed by atoms with Gasteiger partial charge in [0.05, 0.1) is 15.8 Å². The molecule has 6 heteroatoms. The molecule has 4 nitrogen and oxygen atoms in total. The van der Waals surface area contributed by atoms with E-state index in [2.05, 4.69) is 5.16 Å². The number of carbonyl (C=O) groups is 1. The van der Waals surface area contributed by atoms with E-state index < -0.39 is 5.97 Å². The summed E-state index contributed by atoms with van der Waals surface area (Å²) in [7, 11) is 0. The number of carboxylic acid groups (broad SMARTS) is 1. The zero-order valence-corrected chi connectivity index (χ0v) is 11.3. The highest BCUT2D eigenvalue weighted by Crippen LogP contribution is 2.22. The summed E-state index contributed by atoms with van der Waals surface area (Å²) in [5.41, 5.74) is 1.46. The number of rotatable bonds is 6. The molecular weight excluding hydrogens is 277 g/mol. The molecule has 1 aromatic carbocycles. The van der Waals surface area contributed by atoms with Gasteiger partial charge in [-0.05, 0) is 25.5 Å². The average molecular weight is 290 g/mol.